The lowest BCUT2D eigenvalue weighted by atomic mass is 10.2. The SMILES string of the molecule is CCCCOC(=O)c1ccc(NC(=O)c2ccccc2SCC)cc1. The molecule has 0 aliphatic heterocycles. The third-order valence-electron chi connectivity index (χ3n) is 3.54. The first-order chi connectivity index (χ1) is 12.2. The van der Waals surface area contributed by atoms with Crippen LogP contribution < -0.4 is 5.32 Å². The minimum absolute atomic E-state index is 0.158. The van der Waals surface area contributed by atoms with Crippen LogP contribution in [0.1, 0.15) is 47.4 Å². The van der Waals surface area contributed by atoms with E-state index in [0.29, 0.717) is 23.4 Å². The Morgan fingerprint density at radius 1 is 1.04 bits per heavy atom. The molecule has 1 N–H and O–H groups in total. The summed E-state index contributed by atoms with van der Waals surface area (Å²) in [6.45, 7) is 4.53. The second kappa shape index (κ2) is 9.89. The average Bonchev–Trinajstić information content (AvgIpc) is 2.63. The number of thioether (sulfide) groups is 1. The number of anilines is 1. The number of hydrogen-bond donors (Lipinski definition) is 1. The second-order valence-electron chi connectivity index (χ2n) is 5.45. The molecule has 2 aromatic rings. The number of carbonyl (C=O) groups excluding carboxylic acids is 2. The summed E-state index contributed by atoms with van der Waals surface area (Å²) < 4.78 is 5.17. The molecule has 132 valence electrons. The number of benzene rings is 2. The van der Waals surface area contributed by atoms with Crippen LogP contribution in [0.5, 0.6) is 0 Å². The van der Waals surface area contributed by atoms with Crippen molar-refractivity contribution in [2.75, 3.05) is 17.7 Å². The van der Waals surface area contributed by atoms with Crippen LogP contribution in [-0.4, -0.2) is 24.2 Å². The highest BCUT2D eigenvalue weighted by Gasteiger charge is 2.12. The van der Waals surface area contributed by atoms with Gasteiger partial charge in [-0.25, -0.2) is 4.79 Å². The molecular weight excluding hydrogens is 334 g/mol. The van der Waals surface area contributed by atoms with E-state index in [-0.39, 0.29) is 11.9 Å². The molecule has 1 amide bonds. The zero-order valence-corrected chi connectivity index (χ0v) is 15.4. The average molecular weight is 357 g/mol. The summed E-state index contributed by atoms with van der Waals surface area (Å²) in [7, 11) is 0. The van der Waals surface area contributed by atoms with Gasteiger partial charge in [-0.15, -0.1) is 11.8 Å². The number of hydrogen-bond acceptors (Lipinski definition) is 4. The van der Waals surface area contributed by atoms with Crippen LogP contribution in [0.3, 0.4) is 0 Å². The van der Waals surface area contributed by atoms with Crippen molar-refractivity contribution in [1.29, 1.82) is 0 Å². The lowest BCUT2D eigenvalue weighted by molar-refractivity contribution is 0.0499. The minimum atomic E-state index is -0.337. The molecule has 2 aromatic carbocycles. The Labute approximate surface area is 153 Å². The molecule has 25 heavy (non-hydrogen) atoms. The molecule has 0 bridgehead atoms. The monoisotopic (exact) mass is 357 g/mol. The van der Waals surface area contributed by atoms with Gasteiger partial charge in [-0.1, -0.05) is 32.4 Å². The highest BCUT2D eigenvalue weighted by Crippen LogP contribution is 2.23. The predicted molar refractivity (Wildman–Crippen MR) is 102 cm³/mol. The first-order valence-corrected chi connectivity index (χ1v) is 9.44. The number of amides is 1. The van der Waals surface area contributed by atoms with E-state index >= 15 is 0 Å². The highest BCUT2D eigenvalue weighted by molar-refractivity contribution is 7.99. The lowest BCUT2D eigenvalue weighted by Crippen LogP contribution is -2.13. The maximum Gasteiger partial charge on any atom is 0.338 e. The van der Waals surface area contributed by atoms with E-state index in [1.807, 2.05) is 31.2 Å². The normalized spacial score (nSPS) is 10.3. The lowest BCUT2D eigenvalue weighted by Gasteiger charge is -2.10. The number of rotatable bonds is 8. The van der Waals surface area contributed by atoms with Crippen molar-refractivity contribution in [1.82, 2.24) is 0 Å². The zero-order valence-electron chi connectivity index (χ0n) is 14.6. The Hall–Kier alpha value is -2.27. The summed E-state index contributed by atoms with van der Waals surface area (Å²) in [5.41, 5.74) is 1.78. The summed E-state index contributed by atoms with van der Waals surface area (Å²) >= 11 is 1.63. The van der Waals surface area contributed by atoms with Crippen LogP contribution >= 0.6 is 11.8 Å². The van der Waals surface area contributed by atoms with Crippen LogP contribution in [0.2, 0.25) is 0 Å². The van der Waals surface area contributed by atoms with E-state index in [2.05, 4.69) is 12.2 Å². The Bertz CT molecular complexity index is 713. The molecule has 0 heterocycles. The van der Waals surface area contributed by atoms with E-state index in [9.17, 15) is 9.59 Å². The molecule has 0 atom stereocenters. The molecule has 0 spiro atoms. The van der Waals surface area contributed by atoms with Crippen LogP contribution in [0, 0.1) is 0 Å². The van der Waals surface area contributed by atoms with Crippen molar-refractivity contribution in [3.8, 4) is 0 Å². The van der Waals surface area contributed by atoms with Gasteiger partial charge in [0.15, 0.2) is 0 Å². The highest BCUT2D eigenvalue weighted by atomic mass is 32.2. The minimum Gasteiger partial charge on any atom is -0.462 e. The fourth-order valence-electron chi connectivity index (χ4n) is 2.22. The second-order valence-corrected chi connectivity index (χ2v) is 6.76. The summed E-state index contributed by atoms with van der Waals surface area (Å²) in [6, 6.07) is 14.3. The smallest absolute Gasteiger partial charge is 0.338 e. The van der Waals surface area contributed by atoms with Gasteiger partial charge in [0.1, 0.15) is 0 Å². The first kappa shape index (κ1) is 19.1. The van der Waals surface area contributed by atoms with E-state index in [0.717, 1.165) is 23.5 Å². The molecule has 0 radical (unpaired) electrons. The molecule has 0 fully saturated rings. The number of esters is 1. The van der Waals surface area contributed by atoms with Crippen molar-refractivity contribution in [3.05, 3.63) is 59.7 Å². The maximum atomic E-state index is 12.5. The van der Waals surface area contributed by atoms with Crippen molar-refractivity contribution >= 4 is 29.3 Å². The number of ether oxygens (including phenoxy) is 1. The predicted octanol–water partition coefficient (Wildman–Crippen LogP) is 5.01. The summed E-state index contributed by atoms with van der Waals surface area (Å²) in [4.78, 5) is 25.3. The third-order valence-corrected chi connectivity index (χ3v) is 4.50. The van der Waals surface area contributed by atoms with Crippen LogP contribution in [0.25, 0.3) is 0 Å². The van der Waals surface area contributed by atoms with Crippen molar-refractivity contribution in [2.45, 2.75) is 31.6 Å². The standard InChI is InChI=1S/C20H23NO3S/c1-3-5-14-24-20(23)15-10-12-16(13-11-15)21-19(22)17-8-6-7-9-18(17)25-4-2/h6-13H,3-5,14H2,1-2H3,(H,21,22). The van der Waals surface area contributed by atoms with Gasteiger partial charge >= 0.3 is 5.97 Å². The van der Waals surface area contributed by atoms with Gasteiger partial charge in [-0.3, -0.25) is 4.79 Å². The summed E-state index contributed by atoms with van der Waals surface area (Å²) in [5, 5.41) is 2.87. The van der Waals surface area contributed by atoms with Crippen molar-refractivity contribution in [2.24, 2.45) is 0 Å². The van der Waals surface area contributed by atoms with Gasteiger partial charge in [-0.05, 0) is 48.6 Å². The Morgan fingerprint density at radius 3 is 2.44 bits per heavy atom. The van der Waals surface area contributed by atoms with Crippen LogP contribution in [-0.2, 0) is 4.74 Å². The molecule has 0 aliphatic carbocycles. The number of nitrogens with one attached hydrogen (secondary N) is 1. The first-order valence-electron chi connectivity index (χ1n) is 8.46. The maximum absolute atomic E-state index is 12.5. The van der Waals surface area contributed by atoms with Crippen LogP contribution in [0.4, 0.5) is 5.69 Å². The number of carbonyl (C=O) groups is 2. The molecule has 4 nitrogen and oxygen atoms in total. The summed E-state index contributed by atoms with van der Waals surface area (Å²) in [5.74, 6) is 0.407. The van der Waals surface area contributed by atoms with E-state index < -0.39 is 0 Å². The van der Waals surface area contributed by atoms with Crippen molar-refractivity contribution in [3.63, 3.8) is 0 Å². The Morgan fingerprint density at radius 2 is 1.76 bits per heavy atom. The molecule has 0 saturated heterocycles. The topological polar surface area (TPSA) is 55.4 Å². The van der Waals surface area contributed by atoms with E-state index in [1.54, 1.807) is 36.0 Å². The molecular formula is C20H23NO3S. The molecule has 0 saturated carbocycles. The molecule has 2 rings (SSSR count). The molecule has 0 aromatic heterocycles. The van der Waals surface area contributed by atoms with Gasteiger partial charge in [0.2, 0.25) is 0 Å². The van der Waals surface area contributed by atoms with Gasteiger partial charge in [-0.2, -0.15) is 0 Å². The van der Waals surface area contributed by atoms with E-state index in [4.69, 9.17) is 4.74 Å². The largest absolute Gasteiger partial charge is 0.462 e. The summed E-state index contributed by atoms with van der Waals surface area (Å²) in [6.07, 6.45) is 1.84. The number of unbranched alkanes of at least 4 members (excludes halogenated alkanes) is 1. The fraction of sp³-hybridized carbons (Fsp3) is 0.300. The van der Waals surface area contributed by atoms with E-state index in [1.165, 1.54) is 0 Å². The van der Waals surface area contributed by atoms with Crippen LogP contribution in [0.15, 0.2) is 53.4 Å². The Balaban J connectivity index is 2.01. The Kier molecular flexibility index (Phi) is 7.54. The zero-order chi connectivity index (χ0) is 18.1. The van der Waals surface area contributed by atoms with Gasteiger partial charge in [0.25, 0.3) is 5.91 Å². The third kappa shape index (κ3) is 5.64. The van der Waals surface area contributed by atoms with Gasteiger partial charge < -0.3 is 10.1 Å². The molecule has 5 heteroatoms. The van der Waals surface area contributed by atoms with Gasteiger partial charge in [0, 0.05) is 10.6 Å². The molecule has 0 unspecified atom stereocenters. The quantitative estimate of drug-likeness (QED) is 0.410. The molecule has 0 aliphatic rings. The van der Waals surface area contributed by atoms with Crippen molar-refractivity contribution < 1.29 is 14.3 Å². The fourth-order valence-corrected chi connectivity index (χ4v) is 3.02. The van der Waals surface area contributed by atoms with Gasteiger partial charge in [0.05, 0.1) is 17.7 Å².